The number of hydrogen-bond acceptors (Lipinski definition) is 2. The smallest absolute Gasteiger partial charge is 0.373 e. The third kappa shape index (κ3) is 6.22. The van der Waals surface area contributed by atoms with Crippen LogP contribution in [0.2, 0.25) is 0 Å². The lowest BCUT2D eigenvalue weighted by molar-refractivity contribution is -0.296. The summed E-state index contributed by atoms with van der Waals surface area (Å²) < 4.78 is 64.0. The van der Waals surface area contributed by atoms with Crippen molar-refractivity contribution in [1.29, 1.82) is 0 Å². The first-order chi connectivity index (χ1) is 6.96. The molecule has 0 saturated heterocycles. The van der Waals surface area contributed by atoms with Crippen LogP contribution in [-0.4, -0.2) is 37.4 Å². The van der Waals surface area contributed by atoms with E-state index in [9.17, 15) is 22.0 Å². The minimum absolute atomic E-state index is 0.192. The van der Waals surface area contributed by atoms with Gasteiger partial charge >= 0.3 is 12.1 Å². The molecule has 1 N–H and O–H groups in total. The fourth-order valence-corrected chi connectivity index (χ4v) is 0.780. The van der Waals surface area contributed by atoms with Crippen LogP contribution in [0.25, 0.3) is 0 Å². The van der Waals surface area contributed by atoms with Crippen LogP contribution in [0.3, 0.4) is 0 Å². The summed E-state index contributed by atoms with van der Waals surface area (Å²) >= 11 is 0. The second-order valence-corrected chi connectivity index (χ2v) is 4.43. The fourth-order valence-electron chi connectivity index (χ4n) is 0.780. The monoisotopic (exact) mass is 249 g/mol. The topological polar surface area (TPSA) is 21.3 Å². The highest BCUT2D eigenvalue weighted by Crippen LogP contribution is 2.35. The zero-order valence-corrected chi connectivity index (χ0v) is 9.42. The molecular formula is C9H16F5NO. The van der Waals surface area contributed by atoms with Gasteiger partial charge in [-0.25, -0.2) is 0 Å². The lowest BCUT2D eigenvalue weighted by atomic mass is 10.1. The Hall–Kier alpha value is -0.430. The molecule has 0 unspecified atom stereocenters. The van der Waals surface area contributed by atoms with E-state index in [0.717, 1.165) is 0 Å². The highest BCUT2D eigenvalue weighted by atomic mass is 19.4. The van der Waals surface area contributed by atoms with Crippen molar-refractivity contribution in [3.05, 3.63) is 0 Å². The zero-order valence-electron chi connectivity index (χ0n) is 9.42. The Morgan fingerprint density at radius 3 is 1.88 bits per heavy atom. The Balaban J connectivity index is 3.75. The van der Waals surface area contributed by atoms with Crippen molar-refractivity contribution in [2.75, 3.05) is 19.8 Å². The molecule has 16 heavy (non-hydrogen) atoms. The molecule has 0 radical (unpaired) electrons. The minimum Gasteiger partial charge on any atom is -0.373 e. The molecule has 0 aliphatic heterocycles. The quantitative estimate of drug-likeness (QED) is 0.597. The summed E-state index contributed by atoms with van der Waals surface area (Å²) in [6.07, 6.45) is -5.55. The average Bonchev–Trinajstić information content (AvgIpc) is 1.98. The molecule has 0 amide bonds. The molecule has 0 spiro atoms. The maximum absolute atomic E-state index is 12.3. The van der Waals surface area contributed by atoms with Gasteiger partial charge in [-0.2, -0.15) is 22.0 Å². The van der Waals surface area contributed by atoms with Crippen molar-refractivity contribution < 1.29 is 26.7 Å². The largest absolute Gasteiger partial charge is 0.455 e. The molecule has 0 aromatic rings. The first kappa shape index (κ1) is 15.6. The van der Waals surface area contributed by atoms with Crippen molar-refractivity contribution in [3.8, 4) is 0 Å². The van der Waals surface area contributed by atoms with Gasteiger partial charge in [-0.3, -0.25) is 0 Å². The second-order valence-electron chi connectivity index (χ2n) is 4.43. The Kier molecular flexibility index (Phi) is 5.13. The summed E-state index contributed by atoms with van der Waals surface area (Å²) in [5.41, 5.74) is -0.226. The lowest BCUT2D eigenvalue weighted by Crippen LogP contribution is -2.42. The van der Waals surface area contributed by atoms with Crippen LogP contribution in [0.4, 0.5) is 22.0 Å². The van der Waals surface area contributed by atoms with Crippen LogP contribution >= 0.6 is 0 Å². The molecule has 0 bridgehead atoms. The van der Waals surface area contributed by atoms with Gasteiger partial charge in [-0.05, 0) is 20.8 Å². The number of nitrogens with one attached hydrogen (secondary N) is 1. The van der Waals surface area contributed by atoms with E-state index in [0.29, 0.717) is 0 Å². The van der Waals surface area contributed by atoms with Crippen LogP contribution in [0.5, 0.6) is 0 Å². The van der Waals surface area contributed by atoms with Crippen molar-refractivity contribution in [1.82, 2.24) is 5.32 Å². The van der Waals surface area contributed by atoms with Gasteiger partial charge in [0.25, 0.3) is 0 Å². The fraction of sp³-hybridized carbons (Fsp3) is 1.00. The van der Waals surface area contributed by atoms with Gasteiger partial charge in [0.15, 0.2) is 0 Å². The molecule has 0 aromatic carbocycles. The second kappa shape index (κ2) is 5.27. The predicted octanol–water partition coefficient (Wildman–Crippen LogP) is 2.59. The van der Waals surface area contributed by atoms with Gasteiger partial charge in [-0.15, -0.1) is 0 Å². The van der Waals surface area contributed by atoms with E-state index < -0.39 is 18.7 Å². The maximum atomic E-state index is 12.3. The van der Waals surface area contributed by atoms with E-state index >= 15 is 0 Å². The molecule has 98 valence electrons. The molecule has 7 heteroatoms. The molecule has 0 rings (SSSR count). The summed E-state index contributed by atoms with van der Waals surface area (Å²) in [5, 5.41) is 2.90. The summed E-state index contributed by atoms with van der Waals surface area (Å²) in [7, 11) is 0. The van der Waals surface area contributed by atoms with Crippen LogP contribution < -0.4 is 5.32 Å². The van der Waals surface area contributed by atoms with E-state index in [1.165, 1.54) is 0 Å². The maximum Gasteiger partial charge on any atom is 0.455 e. The molecule has 0 fully saturated rings. The summed E-state index contributed by atoms with van der Waals surface area (Å²) in [6, 6.07) is 0. The number of alkyl halides is 5. The molecule has 2 nitrogen and oxygen atoms in total. The standard InChI is InChI=1S/C9H16F5NO/c1-7(2,3)15-4-5-16-6-8(10,11)9(12,13)14/h15H,4-6H2,1-3H3. The van der Waals surface area contributed by atoms with Crippen molar-refractivity contribution in [3.63, 3.8) is 0 Å². The van der Waals surface area contributed by atoms with Crippen molar-refractivity contribution in [2.24, 2.45) is 0 Å². The molecule has 0 aliphatic carbocycles. The average molecular weight is 249 g/mol. The number of hydrogen-bond donors (Lipinski definition) is 1. The third-order valence-electron chi connectivity index (χ3n) is 1.60. The molecular weight excluding hydrogens is 233 g/mol. The highest BCUT2D eigenvalue weighted by molar-refractivity contribution is 4.75. The Morgan fingerprint density at radius 2 is 1.50 bits per heavy atom. The molecule has 0 saturated carbocycles. The van der Waals surface area contributed by atoms with Crippen LogP contribution in [0.15, 0.2) is 0 Å². The normalized spacial score (nSPS) is 14.2. The van der Waals surface area contributed by atoms with Crippen LogP contribution in [-0.2, 0) is 4.74 Å². The van der Waals surface area contributed by atoms with Crippen LogP contribution in [0.1, 0.15) is 20.8 Å². The first-order valence-electron chi connectivity index (χ1n) is 4.73. The molecule has 0 atom stereocenters. The zero-order chi connectivity index (χ0) is 13.0. The van der Waals surface area contributed by atoms with Gasteiger partial charge in [-0.1, -0.05) is 0 Å². The van der Waals surface area contributed by atoms with E-state index in [2.05, 4.69) is 10.1 Å². The van der Waals surface area contributed by atoms with Gasteiger partial charge < -0.3 is 10.1 Å². The molecule has 0 aromatic heterocycles. The Bertz CT molecular complexity index is 209. The predicted molar refractivity (Wildman–Crippen MR) is 49.6 cm³/mol. The SMILES string of the molecule is CC(C)(C)NCCOCC(F)(F)C(F)(F)F. The van der Waals surface area contributed by atoms with Crippen molar-refractivity contribution >= 4 is 0 Å². The van der Waals surface area contributed by atoms with Gasteiger partial charge in [0, 0.05) is 12.1 Å². The van der Waals surface area contributed by atoms with E-state index in [1.807, 2.05) is 20.8 Å². The lowest BCUT2D eigenvalue weighted by Gasteiger charge is -2.22. The Morgan fingerprint density at radius 1 is 1.00 bits per heavy atom. The van der Waals surface area contributed by atoms with Crippen LogP contribution in [0, 0.1) is 0 Å². The number of ether oxygens (including phenoxy) is 1. The summed E-state index contributed by atoms with van der Waals surface area (Å²) in [5.74, 6) is -4.78. The van der Waals surface area contributed by atoms with Gasteiger partial charge in [0.05, 0.1) is 6.61 Å². The first-order valence-corrected chi connectivity index (χ1v) is 4.73. The summed E-state index contributed by atoms with van der Waals surface area (Å²) in [6.45, 7) is 3.93. The minimum atomic E-state index is -5.55. The highest BCUT2D eigenvalue weighted by Gasteiger charge is 2.57. The third-order valence-corrected chi connectivity index (χ3v) is 1.60. The Labute approximate surface area is 91.1 Å². The molecule has 0 heterocycles. The van der Waals surface area contributed by atoms with E-state index in [1.54, 1.807) is 0 Å². The van der Waals surface area contributed by atoms with E-state index in [4.69, 9.17) is 0 Å². The summed E-state index contributed by atoms with van der Waals surface area (Å²) in [4.78, 5) is 0. The molecule has 0 aliphatic rings. The van der Waals surface area contributed by atoms with Gasteiger partial charge in [0.2, 0.25) is 0 Å². The van der Waals surface area contributed by atoms with Gasteiger partial charge in [0.1, 0.15) is 6.61 Å². The van der Waals surface area contributed by atoms with E-state index in [-0.39, 0.29) is 18.7 Å². The number of rotatable bonds is 5. The number of halogens is 5. The van der Waals surface area contributed by atoms with Crippen molar-refractivity contribution in [2.45, 2.75) is 38.4 Å².